The van der Waals surface area contributed by atoms with Crippen molar-refractivity contribution >= 4 is 23.5 Å². The van der Waals surface area contributed by atoms with Gasteiger partial charge in [0.2, 0.25) is 11.1 Å². The molecule has 1 aromatic heterocycles. The Morgan fingerprint density at radius 1 is 1.07 bits per heavy atom. The molecule has 8 heteroatoms. The first-order valence-electron chi connectivity index (χ1n) is 9.32. The van der Waals surface area contributed by atoms with Crippen molar-refractivity contribution in [3.63, 3.8) is 0 Å². The van der Waals surface area contributed by atoms with E-state index in [0.29, 0.717) is 23.2 Å². The molecule has 0 aliphatic carbocycles. The highest BCUT2D eigenvalue weighted by atomic mass is 32.2. The number of Topliss-reactive ketones (excluding diaryl/α,β-unsaturated/α-hetero) is 1. The van der Waals surface area contributed by atoms with E-state index in [1.54, 1.807) is 16.8 Å². The van der Waals surface area contributed by atoms with E-state index in [1.807, 2.05) is 24.3 Å². The van der Waals surface area contributed by atoms with E-state index in [4.69, 9.17) is 0 Å². The topological polar surface area (TPSA) is 89.8 Å². The fraction of sp³-hybridized carbons (Fsp3) is 0.286. The predicted molar refractivity (Wildman–Crippen MR) is 112 cm³/mol. The monoisotopic (exact) mass is 409 g/mol. The minimum atomic E-state index is -0.0851. The fourth-order valence-corrected chi connectivity index (χ4v) is 3.47. The largest absolute Gasteiger partial charge is 0.352 e. The number of hydrogen-bond acceptors (Lipinski definition) is 6. The number of nitrogens with zero attached hydrogens (tertiary/aromatic N) is 4. The van der Waals surface area contributed by atoms with Gasteiger partial charge in [-0.25, -0.2) is 0 Å². The number of rotatable bonds is 8. The summed E-state index contributed by atoms with van der Waals surface area (Å²) >= 11 is 1.30. The summed E-state index contributed by atoms with van der Waals surface area (Å²) in [5.74, 6) is 0.591. The van der Waals surface area contributed by atoms with Gasteiger partial charge in [0.1, 0.15) is 0 Å². The third-order valence-electron chi connectivity index (χ3n) is 4.39. The van der Waals surface area contributed by atoms with Crippen molar-refractivity contribution in [1.29, 1.82) is 0 Å². The van der Waals surface area contributed by atoms with Gasteiger partial charge in [0.05, 0.1) is 11.4 Å². The number of ketones is 1. The van der Waals surface area contributed by atoms with Crippen LogP contribution < -0.4 is 5.32 Å². The molecule has 0 atom stereocenters. The van der Waals surface area contributed by atoms with E-state index in [2.05, 4.69) is 46.8 Å². The molecule has 0 aliphatic rings. The van der Waals surface area contributed by atoms with Crippen molar-refractivity contribution in [3.8, 4) is 5.69 Å². The number of carbonyl (C=O) groups excluding carboxylic acids is 2. The van der Waals surface area contributed by atoms with Crippen molar-refractivity contribution in [2.45, 2.75) is 38.4 Å². The Bertz CT molecular complexity index is 981. The van der Waals surface area contributed by atoms with Gasteiger partial charge in [0.25, 0.3) is 0 Å². The van der Waals surface area contributed by atoms with E-state index in [9.17, 15) is 9.59 Å². The number of thioether (sulfide) groups is 1. The maximum Gasteiger partial charge on any atom is 0.217 e. The zero-order chi connectivity index (χ0) is 20.8. The molecule has 1 amide bonds. The number of nitrogens with one attached hydrogen (secondary N) is 1. The van der Waals surface area contributed by atoms with Crippen LogP contribution in [0.25, 0.3) is 5.69 Å². The molecule has 1 N–H and O–H groups in total. The molecule has 3 aromatic rings. The minimum absolute atomic E-state index is 0.00853. The fourth-order valence-electron chi connectivity index (χ4n) is 2.68. The number of carbonyl (C=O) groups is 2. The van der Waals surface area contributed by atoms with Crippen LogP contribution in [0.3, 0.4) is 0 Å². The molecule has 29 heavy (non-hydrogen) atoms. The van der Waals surface area contributed by atoms with E-state index in [1.165, 1.54) is 24.2 Å². The molecule has 0 radical (unpaired) electrons. The van der Waals surface area contributed by atoms with Gasteiger partial charge >= 0.3 is 0 Å². The lowest BCUT2D eigenvalue weighted by atomic mass is 10.0. The second-order valence-corrected chi connectivity index (χ2v) is 7.88. The maximum atomic E-state index is 12.5. The van der Waals surface area contributed by atoms with Gasteiger partial charge in [-0.1, -0.05) is 62.0 Å². The summed E-state index contributed by atoms with van der Waals surface area (Å²) < 4.78 is 1.64. The quantitative estimate of drug-likeness (QED) is 0.453. The van der Waals surface area contributed by atoms with E-state index in [-0.39, 0.29) is 17.4 Å². The van der Waals surface area contributed by atoms with Crippen molar-refractivity contribution in [1.82, 2.24) is 25.5 Å². The normalized spacial score (nSPS) is 10.9. The highest BCUT2D eigenvalue weighted by Crippen LogP contribution is 2.21. The lowest BCUT2D eigenvalue weighted by molar-refractivity contribution is -0.119. The van der Waals surface area contributed by atoms with Crippen molar-refractivity contribution < 1.29 is 9.59 Å². The van der Waals surface area contributed by atoms with Crippen LogP contribution in [0.1, 0.15) is 48.2 Å². The molecule has 0 spiro atoms. The van der Waals surface area contributed by atoms with Gasteiger partial charge < -0.3 is 5.32 Å². The SMILES string of the molecule is CC(=O)NCc1ccc(C(=O)CSc2nnnn2-c2ccc(C(C)C)cc2)cc1. The number of benzene rings is 2. The summed E-state index contributed by atoms with van der Waals surface area (Å²) in [6.07, 6.45) is 0. The minimum Gasteiger partial charge on any atom is -0.352 e. The lowest BCUT2D eigenvalue weighted by Crippen LogP contribution is -2.18. The Morgan fingerprint density at radius 2 is 1.76 bits per heavy atom. The summed E-state index contributed by atoms with van der Waals surface area (Å²) in [4.78, 5) is 23.5. The average Bonchev–Trinajstić information content (AvgIpc) is 3.19. The van der Waals surface area contributed by atoms with Gasteiger partial charge in [-0.3, -0.25) is 9.59 Å². The Kier molecular flexibility index (Phi) is 6.77. The van der Waals surface area contributed by atoms with Crippen LogP contribution in [0.4, 0.5) is 0 Å². The van der Waals surface area contributed by atoms with Crippen LogP contribution in [0.5, 0.6) is 0 Å². The predicted octanol–water partition coefficient (Wildman–Crippen LogP) is 3.40. The number of amides is 1. The van der Waals surface area contributed by atoms with Gasteiger partial charge in [-0.2, -0.15) is 4.68 Å². The Balaban J connectivity index is 1.62. The molecule has 2 aromatic carbocycles. The molecule has 3 rings (SSSR count). The summed E-state index contributed by atoms with van der Waals surface area (Å²) in [5, 5.41) is 15.1. The van der Waals surface area contributed by atoms with Crippen LogP contribution in [0.15, 0.2) is 53.7 Å². The molecular formula is C21H23N5O2S. The molecular weight excluding hydrogens is 386 g/mol. The molecule has 0 bridgehead atoms. The first-order valence-corrected chi connectivity index (χ1v) is 10.3. The zero-order valence-corrected chi connectivity index (χ0v) is 17.4. The summed E-state index contributed by atoms with van der Waals surface area (Å²) in [5.41, 5.74) is 3.66. The second kappa shape index (κ2) is 9.47. The Labute approximate surface area is 173 Å². The second-order valence-electron chi connectivity index (χ2n) is 6.94. The molecule has 0 saturated heterocycles. The van der Waals surface area contributed by atoms with E-state index < -0.39 is 0 Å². The van der Waals surface area contributed by atoms with Gasteiger partial charge in [0.15, 0.2) is 5.78 Å². The molecule has 0 unspecified atom stereocenters. The first-order chi connectivity index (χ1) is 13.9. The number of tetrazole rings is 1. The van der Waals surface area contributed by atoms with E-state index >= 15 is 0 Å². The zero-order valence-electron chi connectivity index (χ0n) is 16.6. The van der Waals surface area contributed by atoms with Crippen LogP contribution >= 0.6 is 11.8 Å². The highest BCUT2D eigenvalue weighted by molar-refractivity contribution is 7.99. The van der Waals surface area contributed by atoms with Crippen molar-refractivity contribution in [2.75, 3.05) is 5.75 Å². The molecule has 0 fully saturated rings. The molecule has 1 heterocycles. The van der Waals surface area contributed by atoms with Crippen molar-refractivity contribution in [2.24, 2.45) is 0 Å². The van der Waals surface area contributed by atoms with Crippen molar-refractivity contribution in [3.05, 3.63) is 65.2 Å². The number of hydrogen-bond donors (Lipinski definition) is 1. The highest BCUT2D eigenvalue weighted by Gasteiger charge is 2.13. The van der Waals surface area contributed by atoms with Crippen LogP contribution in [-0.2, 0) is 11.3 Å². The first kappa shape index (κ1) is 20.7. The molecule has 7 nitrogen and oxygen atoms in total. The third-order valence-corrected chi connectivity index (χ3v) is 5.31. The molecule has 150 valence electrons. The number of aromatic nitrogens is 4. The standard InChI is InChI=1S/C21H23N5O2S/c1-14(2)17-8-10-19(11-9-17)26-21(23-24-25-26)29-13-20(28)18-6-4-16(5-7-18)12-22-15(3)27/h4-11,14H,12-13H2,1-3H3,(H,22,27). The smallest absolute Gasteiger partial charge is 0.217 e. The summed E-state index contributed by atoms with van der Waals surface area (Å²) in [6.45, 7) is 6.21. The molecule has 0 saturated carbocycles. The van der Waals surface area contributed by atoms with E-state index in [0.717, 1.165) is 11.3 Å². The van der Waals surface area contributed by atoms with Gasteiger partial charge in [-0.05, 0) is 39.6 Å². The Morgan fingerprint density at radius 3 is 2.38 bits per heavy atom. The Hall–Kier alpha value is -3.00. The third kappa shape index (κ3) is 5.51. The summed E-state index contributed by atoms with van der Waals surface area (Å²) in [7, 11) is 0. The van der Waals surface area contributed by atoms with Gasteiger partial charge in [0, 0.05) is 19.0 Å². The van der Waals surface area contributed by atoms with Crippen LogP contribution in [0, 0.1) is 0 Å². The van der Waals surface area contributed by atoms with Crippen LogP contribution in [0.2, 0.25) is 0 Å². The van der Waals surface area contributed by atoms with Crippen LogP contribution in [-0.4, -0.2) is 37.7 Å². The molecule has 0 aliphatic heterocycles. The average molecular weight is 410 g/mol. The summed E-state index contributed by atoms with van der Waals surface area (Å²) in [6, 6.07) is 15.3. The van der Waals surface area contributed by atoms with Gasteiger partial charge in [-0.15, -0.1) is 5.10 Å². The lowest BCUT2D eigenvalue weighted by Gasteiger charge is -2.08. The maximum absolute atomic E-state index is 12.5.